The van der Waals surface area contributed by atoms with E-state index in [2.05, 4.69) is 10.6 Å². The molecule has 112 valence electrons. The monoisotopic (exact) mass is 292 g/mol. The molecule has 1 rings (SSSR count). The van der Waals surface area contributed by atoms with Gasteiger partial charge in [0.15, 0.2) is 9.84 Å². The zero-order valence-corrected chi connectivity index (χ0v) is 12.4. The Hall–Kier alpha value is -0.660. The molecule has 0 bridgehead atoms. The number of aliphatic hydroxyl groups is 1. The maximum atomic E-state index is 11.8. The van der Waals surface area contributed by atoms with Crippen LogP contribution in [0.1, 0.15) is 26.7 Å². The number of nitrogens with one attached hydrogen (secondary N) is 2. The summed E-state index contributed by atoms with van der Waals surface area (Å²) >= 11 is 0. The summed E-state index contributed by atoms with van der Waals surface area (Å²) in [6, 6.07) is -0.292. The van der Waals surface area contributed by atoms with Crippen LogP contribution in [0.5, 0.6) is 0 Å². The van der Waals surface area contributed by atoms with Crippen molar-refractivity contribution >= 4 is 15.7 Å². The van der Waals surface area contributed by atoms with Gasteiger partial charge < -0.3 is 15.7 Å². The van der Waals surface area contributed by atoms with Crippen LogP contribution in [0, 0.1) is 5.41 Å². The summed E-state index contributed by atoms with van der Waals surface area (Å²) < 4.78 is 22.9. The van der Waals surface area contributed by atoms with Crippen molar-refractivity contribution in [1.29, 1.82) is 0 Å². The first kappa shape index (κ1) is 16.4. The lowest BCUT2D eigenvalue weighted by Gasteiger charge is -2.26. The molecular weight excluding hydrogens is 268 g/mol. The maximum Gasteiger partial charge on any atom is 0.221 e. The molecule has 0 aromatic rings. The number of aliphatic hydroxyl groups excluding tert-OH is 1. The lowest BCUT2D eigenvalue weighted by Crippen LogP contribution is -2.48. The fourth-order valence-corrected chi connectivity index (χ4v) is 3.47. The average Bonchev–Trinajstić information content (AvgIpc) is 2.25. The van der Waals surface area contributed by atoms with Gasteiger partial charge in [0.1, 0.15) is 0 Å². The molecule has 7 heteroatoms. The Morgan fingerprint density at radius 3 is 2.74 bits per heavy atom. The third-order valence-electron chi connectivity index (χ3n) is 3.29. The van der Waals surface area contributed by atoms with Crippen LogP contribution in [0.3, 0.4) is 0 Å². The zero-order valence-electron chi connectivity index (χ0n) is 11.6. The van der Waals surface area contributed by atoms with Crippen LogP contribution in [0.2, 0.25) is 0 Å². The Morgan fingerprint density at radius 1 is 1.47 bits per heavy atom. The largest absolute Gasteiger partial charge is 0.396 e. The van der Waals surface area contributed by atoms with E-state index < -0.39 is 9.84 Å². The van der Waals surface area contributed by atoms with Gasteiger partial charge in [-0.1, -0.05) is 13.8 Å². The van der Waals surface area contributed by atoms with Crippen molar-refractivity contribution in [3.63, 3.8) is 0 Å². The Kier molecular flexibility index (Phi) is 5.76. The molecule has 6 nitrogen and oxygen atoms in total. The molecule has 1 unspecified atom stereocenters. The Balaban J connectivity index is 2.35. The first-order chi connectivity index (χ1) is 8.74. The first-order valence-corrected chi connectivity index (χ1v) is 8.38. The predicted molar refractivity (Wildman–Crippen MR) is 73.6 cm³/mol. The average molecular weight is 292 g/mol. The van der Waals surface area contributed by atoms with Gasteiger partial charge in [-0.25, -0.2) is 8.42 Å². The highest BCUT2D eigenvalue weighted by atomic mass is 32.2. The minimum Gasteiger partial charge on any atom is -0.396 e. The van der Waals surface area contributed by atoms with Crippen LogP contribution in [0.25, 0.3) is 0 Å². The molecule has 19 heavy (non-hydrogen) atoms. The second kappa shape index (κ2) is 6.67. The second-order valence-corrected chi connectivity index (χ2v) is 8.11. The van der Waals surface area contributed by atoms with Crippen LogP contribution in [0.4, 0.5) is 0 Å². The molecule has 0 spiro atoms. The van der Waals surface area contributed by atoms with Gasteiger partial charge in [-0.15, -0.1) is 0 Å². The minimum absolute atomic E-state index is 0.0282. The summed E-state index contributed by atoms with van der Waals surface area (Å²) in [4.78, 5) is 11.8. The molecule has 1 aliphatic rings. The van der Waals surface area contributed by atoms with E-state index in [1.54, 1.807) is 0 Å². The van der Waals surface area contributed by atoms with E-state index >= 15 is 0 Å². The molecule has 0 aromatic carbocycles. The van der Waals surface area contributed by atoms with Gasteiger partial charge in [0.2, 0.25) is 5.91 Å². The molecule has 1 aliphatic heterocycles. The van der Waals surface area contributed by atoms with E-state index in [4.69, 9.17) is 5.11 Å². The summed E-state index contributed by atoms with van der Waals surface area (Å²) in [5, 5.41) is 14.7. The molecule has 3 N–H and O–H groups in total. The smallest absolute Gasteiger partial charge is 0.221 e. The quantitative estimate of drug-likeness (QED) is 0.601. The van der Waals surface area contributed by atoms with Crippen molar-refractivity contribution in [3.8, 4) is 0 Å². The van der Waals surface area contributed by atoms with E-state index in [0.717, 1.165) is 0 Å². The summed E-state index contributed by atoms with van der Waals surface area (Å²) in [6.45, 7) is 4.91. The molecule has 1 amide bonds. The zero-order chi connectivity index (χ0) is 14.5. The molecular formula is C12H24N2O4S. The van der Waals surface area contributed by atoms with Crippen LogP contribution in [0.15, 0.2) is 0 Å². The van der Waals surface area contributed by atoms with E-state index in [0.29, 0.717) is 19.5 Å². The molecule has 0 aromatic heterocycles. The summed E-state index contributed by atoms with van der Waals surface area (Å²) in [5.74, 6) is 0.0235. The number of amides is 1. The summed E-state index contributed by atoms with van der Waals surface area (Å²) in [5.41, 5.74) is -0.156. The van der Waals surface area contributed by atoms with Crippen LogP contribution < -0.4 is 10.6 Å². The third-order valence-corrected chi connectivity index (χ3v) is 5.02. The molecule has 1 atom stereocenters. The van der Waals surface area contributed by atoms with Crippen molar-refractivity contribution in [2.75, 3.05) is 31.2 Å². The van der Waals surface area contributed by atoms with E-state index in [1.807, 2.05) is 13.8 Å². The van der Waals surface area contributed by atoms with Crippen molar-refractivity contribution in [1.82, 2.24) is 10.6 Å². The van der Waals surface area contributed by atoms with Crippen molar-refractivity contribution < 1.29 is 18.3 Å². The number of carbonyl (C=O) groups excluding carboxylic acids is 1. The summed E-state index contributed by atoms with van der Waals surface area (Å²) in [6.07, 6.45) is 0.789. The van der Waals surface area contributed by atoms with Gasteiger partial charge in [0.25, 0.3) is 0 Å². The fraction of sp³-hybridized carbons (Fsp3) is 0.917. The summed E-state index contributed by atoms with van der Waals surface area (Å²) in [7, 11) is -3.01. The Labute approximate surface area is 114 Å². The highest BCUT2D eigenvalue weighted by Gasteiger charge is 2.26. The van der Waals surface area contributed by atoms with E-state index in [1.165, 1.54) is 0 Å². The van der Waals surface area contributed by atoms with Gasteiger partial charge in [-0.3, -0.25) is 4.79 Å². The molecule has 0 radical (unpaired) electrons. The third kappa shape index (κ3) is 6.35. The standard InChI is InChI=1S/C12H24N2O4S/c1-12(2,3-5-15)9-14-11(16)7-10-8-19(17,18)6-4-13-10/h10,13,15H,3-9H2,1-2H3,(H,14,16). The maximum absolute atomic E-state index is 11.8. The molecule has 1 fully saturated rings. The second-order valence-electron chi connectivity index (χ2n) is 5.88. The molecule has 1 heterocycles. The van der Waals surface area contributed by atoms with Crippen LogP contribution >= 0.6 is 0 Å². The lowest BCUT2D eigenvalue weighted by molar-refractivity contribution is -0.122. The van der Waals surface area contributed by atoms with Crippen LogP contribution in [-0.2, 0) is 14.6 Å². The normalized spacial score (nSPS) is 23.0. The predicted octanol–water partition coefficient (Wildman–Crippen LogP) is -0.712. The van der Waals surface area contributed by atoms with Gasteiger partial charge in [-0.05, 0) is 11.8 Å². The van der Waals surface area contributed by atoms with E-state index in [-0.39, 0.29) is 41.9 Å². The van der Waals surface area contributed by atoms with Gasteiger partial charge in [0.05, 0.1) is 11.5 Å². The molecule has 0 saturated carbocycles. The SMILES string of the molecule is CC(C)(CCO)CNC(=O)CC1CS(=O)(=O)CCN1. The van der Waals surface area contributed by atoms with Crippen molar-refractivity contribution in [3.05, 3.63) is 0 Å². The van der Waals surface area contributed by atoms with E-state index in [9.17, 15) is 13.2 Å². The Bertz CT molecular complexity index is 406. The highest BCUT2D eigenvalue weighted by Crippen LogP contribution is 2.18. The Morgan fingerprint density at radius 2 is 2.16 bits per heavy atom. The first-order valence-electron chi connectivity index (χ1n) is 6.55. The van der Waals surface area contributed by atoms with Crippen molar-refractivity contribution in [2.24, 2.45) is 5.41 Å². The fourth-order valence-electron chi connectivity index (χ4n) is 2.02. The lowest BCUT2D eigenvalue weighted by atomic mass is 9.90. The number of hydrogen-bond donors (Lipinski definition) is 3. The number of carbonyl (C=O) groups is 1. The van der Waals surface area contributed by atoms with Gasteiger partial charge in [-0.2, -0.15) is 0 Å². The highest BCUT2D eigenvalue weighted by molar-refractivity contribution is 7.91. The number of sulfone groups is 1. The number of rotatable bonds is 6. The minimum atomic E-state index is -3.01. The topological polar surface area (TPSA) is 95.5 Å². The number of hydrogen-bond acceptors (Lipinski definition) is 5. The van der Waals surface area contributed by atoms with Gasteiger partial charge in [0, 0.05) is 32.2 Å². The molecule has 1 saturated heterocycles. The van der Waals surface area contributed by atoms with Gasteiger partial charge >= 0.3 is 0 Å². The molecule has 0 aliphatic carbocycles. The van der Waals surface area contributed by atoms with Crippen LogP contribution in [-0.4, -0.2) is 56.7 Å². The van der Waals surface area contributed by atoms with Crippen molar-refractivity contribution in [2.45, 2.75) is 32.7 Å².